The molecule has 1 N–H and O–H groups in total. The van der Waals surface area contributed by atoms with Crippen LogP contribution in [-0.4, -0.2) is 25.5 Å². The van der Waals surface area contributed by atoms with Crippen molar-refractivity contribution in [1.82, 2.24) is 5.32 Å². The van der Waals surface area contributed by atoms with Crippen molar-refractivity contribution < 1.29 is 9.21 Å². The van der Waals surface area contributed by atoms with Gasteiger partial charge in [-0.15, -0.1) is 0 Å². The first-order chi connectivity index (χ1) is 10.6. The summed E-state index contributed by atoms with van der Waals surface area (Å²) >= 11 is 0. The Bertz CT molecular complexity index is 675. The molecule has 2 aromatic rings. The van der Waals surface area contributed by atoms with Gasteiger partial charge in [0.1, 0.15) is 11.5 Å². The van der Waals surface area contributed by atoms with E-state index < -0.39 is 0 Å². The quantitative estimate of drug-likeness (QED) is 0.863. The molecule has 116 valence electrons. The molecule has 2 heterocycles. The van der Waals surface area contributed by atoms with Crippen LogP contribution in [0.3, 0.4) is 0 Å². The van der Waals surface area contributed by atoms with Gasteiger partial charge < -0.3 is 14.6 Å². The van der Waals surface area contributed by atoms with Crippen LogP contribution in [0.25, 0.3) is 0 Å². The average molecular weight is 298 g/mol. The lowest BCUT2D eigenvalue weighted by Crippen LogP contribution is -2.29. The SMILES string of the molecule is Cc1cc(C(=O)NCCCN2CCc3ccccc32)c(C)o1. The molecule has 1 amide bonds. The number of rotatable bonds is 5. The first kappa shape index (κ1) is 14.7. The summed E-state index contributed by atoms with van der Waals surface area (Å²) in [5, 5.41) is 2.98. The Balaban J connectivity index is 1.47. The van der Waals surface area contributed by atoms with Crippen LogP contribution in [0.4, 0.5) is 5.69 Å². The summed E-state index contributed by atoms with van der Waals surface area (Å²) < 4.78 is 5.39. The van der Waals surface area contributed by atoms with Crippen molar-refractivity contribution in [2.24, 2.45) is 0 Å². The normalized spacial score (nSPS) is 13.3. The number of anilines is 1. The second kappa shape index (κ2) is 6.26. The zero-order valence-corrected chi connectivity index (χ0v) is 13.2. The van der Waals surface area contributed by atoms with Gasteiger partial charge in [-0.3, -0.25) is 4.79 Å². The fraction of sp³-hybridized carbons (Fsp3) is 0.389. The topological polar surface area (TPSA) is 45.5 Å². The minimum Gasteiger partial charge on any atom is -0.466 e. The van der Waals surface area contributed by atoms with Gasteiger partial charge in [-0.1, -0.05) is 18.2 Å². The van der Waals surface area contributed by atoms with E-state index >= 15 is 0 Å². The molecule has 1 aliphatic rings. The van der Waals surface area contributed by atoms with Gasteiger partial charge in [0, 0.05) is 25.3 Å². The number of hydrogen-bond acceptors (Lipinski definition) is 3. The molecule has 3 rings (SSSR count). The molecule has 0 aliphatic carbocycles. The molecule has 4 nitrogen and oxygen atoms in total. The summed E-state index contributed by atoms with van der Waals surface area (Å²) in [5.74, 6) is 1.41. The summed E-state index contributed by atoms with van der Waals surface area (Å²) in [7, 11) is 0. The zero-order chi connectivity index (χ0) is 15.5. The number of furan rings is 1. The first-order valence-electron chi connectivity index (χ1n) is 7.83. The number of carbonyl (C=O) groups excluding carboxylic acids is 1. The minimum atomic E-state index is -0.0452. The van der Waals surface area contributed by atoms with Gasteiger partial charge in [0.2, 0.25) is 0 Å². The number of nitrogens with one attached hydrogen (secondary N) is 1. The lowest BCUT2D eigenvalue weighted by Gasteiger charge is -2.19. The van der Waals surface area contributed by atoms with E-state index in [4.69, 9.17) is 4.42 Å². The highest BCUT2D eigenvalue weighted by Crippen LogP contribution is 2.27. The average Bonchev–Trinajstić information content (AvgIpc) is 3.07. The van der Waals surface area contributed by atoms with Crippen LogP contribution in [-0.2, 0) is 6.42 Å². The van der Waals surface area contributed by atoms with Gasteiger partial charge in [-0.25, -0.2) is 0 Å². The predicted octanol–water partition coefficient (Wildman–Crippen LogP) is 3.08. The first-order valence-corrected chi connectivity index (χ1v) is 7.83. The van der Waals surface area contributed by atoms with Crippen LogP contribution in [0.1, 0.15) is 33.9 Å². The molecule has 0 unspecified atom stereocenters. The third-order valence-electron chi connectivity index (χ3n) is 4.16. The van der Waals surface area contributed by atoms with Crippen molar-refractivity contribution in [2.75, 3.05) is 24.5 Å². The zero-order valence-electron chi connectivity index (χ0n) is 13.2. The fourth-order valence-electron chi connectivity index (χ4n) is 3.06. The molecule has 0 atom stereocenters. The number of fused-ring (bicyclic) bond motifs is 1. The molecular weight excluding hydrogens is 276 g/mol. The van der Waals surface area contributed by atoms with Crippen molar-refractivity contribution in [3.8, 4) is 0 Å². The van der Waals surface area contributed by atoms with Gasteiger partial charge in [0.15, 0.2) is 0 Å². The maximum Gasteiger partial charge on any atom is 0.254 e. The number of aryl methyl sites for hydroxylation is 2. The van der Waals surface area contributed by atoms with E-state index in [9.17, 15) is 4.79 Å². The van der Waals surface area contributed by atoms with Crippen LogP contribution in [0.15, 0.2) is 34.7 Å². The molecule has 0 saturated carbocycles. The van der Waals surface area contributed by atoms with Gasteiger partial charge in [0.05, 0.1) is 5.56 Å². The summed E-state index contributed by atoms with van der Waals surface area (Å²) in [6.07, 6.45) is 2.06. The van der Waals surface area contributed by atoms with Crippen LogP contribution < -0.4 is 10.2 Å². The highest BCUT2D eigenvalue weighted by Gasteiger charge is 2.18. The third-order valence-corrected chi connectivity index (χ3v) is 4.16. The molecular formula is C18H22N2O2. The summed E-state index contributed by atoms with van der Waals surface area (Å²) in [4.78, 5) is 14.5. The number of benzene rings is 1. The van der Waals surface area contributed by atoms with E-state index in [1.165, 1.54) is 11.3 Å². The predicted molar refractivity (Wildman–Crippen MR) is 87.5 cm³/mol. The molecule has 0 saturated heterocycles. The highest BCUT2D eigenvalue weighted by molar-refractivity contribution is 5.95. The van der Waals surface area contributed by atoms with Gasteiger partial charge in [-0.2, -0.15) is 0 Å². The molecule has 0 fully saturated rings. The van der Waals surface area contributed by atoms with E-state index in [1.54, 1.807) is 6.07 Å². The second-order valence-corrected chi connectivity index (χ2v) is 5.80. The monoisotopic (exact) mass is 298 g/mol. The lowest BCUT2D eigenvalue weighted by molar-refractivity contribution is 0.0952. The third kappa shape index (κ3) is 3.01. The van der Waals surface area contributed by atoms with Crippen LogP contribution in [0, 0.1) is 13.8 Å². The summed E-state index contributed by atoms with van der Waals surface area (Å²) in [5.41, 5.74) is 3.41. The number of amides is 1. The van der Waals surface area contributed by atoms with Crippen LogP contribution in [0.2, 0.25) is 0 Å². The lowest BCUT2D eigenvalue weighted by atomic mass is 10.2. The fourth-order valence-corrected chi connectivity index (χ4v) is 3.06. The van der Waals surface area contributed by atoms with Gasteiger partial charge in [-0.05, 0) is 44.4 Å². The van der Waals surface area contributed by atoms with Crippen molar-refractivity contribution >= 4 is 11.6 Å². The maximum atomic E-state index is 12.1. The van der Waals surface area contributed by atoms with Crippen molar-refractivity contribution in [3.63, 3.8) is 0 Å². The van der Waals surface area contributed by atoms with Crippen molar-refractivity contribution in [2.45, 2.75) is 26.7 Å². The molecule has 0 bridgehead atoms. The summed E-state index contributed by atoms with van der Waals surface area (Å²) in [6, 6.07) is 10.3. The Morgan fingerprint density at radius 1 is 1.32 bits per heavy atom. The highest BCUT2D eigenvalue weighted by atomic mass is 16.3. The van der Waals surface area contributed by atoms with Crippen LogP contribution >= 0.6 is 0 Å². The number of hydrogen-bond donors (Lipinski definition) is 1. The smallest absolute Gasteiger partial charge is 0.254 e. The Kier molecular flexibility index (Phi) is 4.18. The van der Waals surface area contributed by atoms with E-state index in [-0.39, 0.29) is 5.91 Å². The Morgan fingerprint density at radius 3 is 2.91 bits per heavy atom. The Labute approximate surface area is 131 Å². The molecule has 1 aromatic carbocycles. The second-order valence-electron chi connectivity index (χ2n) is 5.80. The maximum absolute atomic E-state index is 12.1. The van der Waals surface area contributed by atoms with E-state index in [1.807, 2.05) is 13.8 Å². The van der Waals surface area contributed by atoms with E-state index in [0.717, 1.165) is 31.7 Å². The minimum absolute atomic E-state index is 0.0452. The van der Waals surface area contributed by atoms with Gasteiger partial charge in [0.25, 0.3) is 5.91 Å². The molecule has 22 heavy (non-hydrogen) atoms. The van der Waals surface area contributed by atoms with Crippen molar-refractivity contribution in [1.29, 1.82) is 0 Å². The Morgan fingerprint density at radius 2 is 2.14 bits per heavy atom. The molecule has 0 radical (unpaired) electrons. The van der Waals surface area contributed by atoms with Crippen LogP contribution in [0.5, 0.6) is 0 Å². The molecule has 4 heteroatoms. The number of para-hydroxylation sites is 1. The van der Waals surface area contributed by atoms with Gasteiger partial charge >= 0.3 is 0 Å². The standard InChI is InChI=1S/C18H22N2O2/c1-13-12-16(14(2)22-13)18(21)19-9-5-10-20-11-8-15-6-3-4-7-17(15)20/h3-4,6-7,12H,5,8-11H2,1-2H3,(H,19,21). The van der Waals surface area contributed by atoms with E-state index in [0.29, 0.717) is 17.9 Å². The molecule has 1 aromatic heterocycles. The summed E-state index contributed by atoms with van der Waals surface area (Å²) in [6.45, 7) is 6.41. The molecule has 0 spiro atoms. The Hall–Kier alpha value is -2.23. The largest absolute Gasteiger partial charge is 0.466 e. The number of nitrogens with zero attached hydrogens (tertiary/aromatic N) is 1. The van der Waals surface area contributed by atoms with E-state index in [2.05, 4.69) is 34.5 Å². The molecule has 1 aliphatic heterocycles. The van der Waals surface area contributed by atoms with Crippen molar-refractivity contribution in [3.05, 3.63) is 53.0 Å². The number of carbonyl (C=O) groups is 1.